The van der Waals surface area contributed by atoms with Gasteiger partial charge in [0.15, 0.2) is 5.75 Å². The highest BCUT2D eigenvalue weighted by Crippen LogP contribution is 2.17. The van der Waals surface area contributed by atoms with Crippen molar-refractivity contribution < 1.29 is 4.74 Å². The summed E-state index contributed by atoms with van der Waals surface area (Å²) < 4.78 is 7.88. The van der Waals surface area contributed by atoms with E-state index in [4.69, 9.17) is 4.74 Å². The Morgan fingerprint density at radius 1 is 1.25 bits per heavy atom. The van der Waals surface area contributed by atoms with Crippen molar-refractivity contribution in [3.63, 3.8) is 0 Å². The van der Waals surface area contributed by atoms with Crippen LogP contribution >= 0.6 is 0 Å². The van der Waals surface area contributed by atoms with Crippen LogP contribution in [0.15, 0.2) is 36.7 Å². The van der Waals surface area contributed by atoms with Crippen LogP contribution in [0.1, 0.15) is 24.8 Å². The van der Waals surface area contributed by atoms with Crippen LogP contribution in [0.2, 0.25) is 0 Å². The summed E-state index contributed by atoms with van der Waals surface area (Å²) in [4.78, 5) is 0. The lowest BCUT2D eigenvalue weighted by molar-refractivity contribution is 0.194. The first-order chi connectivity index (χ1) is 9.81. The normalized spacial score (nSPS) is 19.6. The van der Waals surface area contributed by atoms with Crippen LogP contribution in [0, 0.1) is 6.92 Å². The molecule has 1 aromatic heterocycles. The molecule has 20 heavy (non-hydrogen) atoms. The van der Waals surface area contributed by atoms with Gasteiger partial charge in [0.05, 0.1) is 18.1 Å². The Hall–Kier alpha value is -1.81. The van der Waals surface area contributed by atoms with Gasteiger partial charge in [-0.1, -0.05) is 17.7 Å². The molecule has 1 atom stereocenters. The summed E-state index contributed by atoms with van der Waals surface area (Å²) >= 11 is 0. The van der Waals surface area contributed by atoms with Gasteiger partial charge in [-0.2, -0.15) is 5.10 Å². The van der Waals surface area contributed by atoms with Gasteiger partial charge in [0.1, 0.15) is 6.10 Å². The van der Waals surface area contributed by atoms with E-state index < -0.39 is 0 Å². The average molecular weight is 271 g/mol. The van der Waals surface area contributed by atoms with Gasteiger partial charge in [0.2, 0.25) is 0 Å². The maximum absolute atomic E-state index is 6.02. The highest BCUT2D eigenvalue weighted by atomic mass is 16.5. The fourth-order valence-corrected chi connectivity index (χ4v) is 2.49. The van der Waals surface area contributed by atoms with Gasteiger partial charge in [0.25, 0.3) is 0 Å². The van der Waals surface area contributed by atoms with Gasteiger partial charge in [-0.05, 0) is 44.9 Å². The Morgan fingerprint density at radius 2 is 2.10 bits per heavy atom. The molecular formula is C16H21N3O. The Labute approximate surface area is 119 Å². The summed E-state index contributed by atoms with van der Waals surface area (Å²) in [5.74, 6) is 0.847. The number of aryl methyl sites for hydroxylation is 1. The number of ether oxygens (including phenoxy) is 1. The molecule has 2 aromatic rings. The molecule has 0 aliphatic carbocycles. The lowest BCUT2D eigenvalue weighted by Crippen LogP contribution is -2.29. The predicted molar refractivity (Wildman–Crippen MR) is 79.4 cm³/mol. The maximum atomic E-state index is 6.02. The van der Waals surface area contributed by atoms with E-state index in [2.05, 4.69) is 41.6 Å². The minimum atomic E-state index is 0.258. The van der Waals surface area contributed by atoms with Gasteiger partial charge >= 0.3 is 0 Å². The van der Waals surface area contributed by atoms with E-state index in [0.717, 1.165) is 30.9 Å². The molecule has 3 rings (SSSR count). The zero-order valence-corrected chi connectivity index (χ0v) is 11.9. The summed E-state index contributed by atoms with van der Waals surface area (Å²) in [7, 11) is 0. The quantitative estimate of drug-likeness (QED) is 0.933. The first-order valence-corrected chi connectivity index (χ1v) is 7.30. The highest BCUT2D eigenvalue weighted by molar-refractivity contribution is 5.34. The molecule has 1 aliphatic heterocycles. The molecule has 4 nitrogen and oxygen atoms in total. The highest BCUT2D eigenvalue weighted by Gasteiger charge is 2.14. The van der Waals surface area contributed by atoms with Crippen LogP contribution in [0.5, 0.6) is 5.75 Å². The van der Waals surface area contributed by atoms with Gasteiger partial charge in [-0.15, -0.1) is 0 Å². The number of hydrogen-bond acceptors (Lipinski definition) is 3. The smallest absolute Gasteiger partial charge is 0.158 e. The van der Waals surface area contributed by atoms with Crippen LogP contribution in [-0.4, -0.2) is 29.0 Å². The third-order valence-electron chi connectivity index (χ3n) is 3.66. The first kappa shape index (κ1) is 13.2. The van der Waals surface area contributed by atoms with Gasteiger partial charge < -0.3 is 10.1 Å². The van der Waals surface area contributed by atoms with Crippen LogP contribution < -0.4 is 10.1 Å². The molecular weight excluding hydrogens is 250 g/mol. The van der Waals surface area contributed by atoms with Crippen molar-refractivity contribution in [1.29, 1.82) is 0 Å². The monoisotopic (exact) mass is 271 g/mol. The standard InChI is InChI=1S/C16H21N3O/c1-13-5-7-14(8-6-13)19-12-16(11-18-19)20-15-4-2-3-9-17-10-15/h5-8,11-12,15,17H,2-4,9-10H2,1H3. The molecule has 0 spiro atoms. The third kappa shape index (κ3) is 3.20. The number of hydrogen-bond donors (Lipinski definition) is 1. The fraction of sp³-hybridized carbons (Fsp3) is 0.438. The molecule has 1 aliphatic rings. The summed E-state index contributed by atoms with van der Waals surface area (Å²) in [6, 6.07) is 8.32. The summed E-state index contributed by atoms with van der Waals surface area (Å²) in [5.41, 5.74) is 2.31. The summed E-state index contributed by atoms with van der Waals surface area (Å²) in [5, 5.41) is 7.79. The van der Waals surface area contributed by atoms with E-state index in [9.17, 15) is 0 Å². The second-order valence-corrected chi connectivity index (χ2v) is 5.40. The number of aromatic nitrogens is 2. The van der Waals surface area contributed by atoms with Crippen LogP contribution in [0.3, 0.4) is 0 Å². The molecule has 4 heteroatoms. The molecule has 1 aromatic carbocycles. The van der Waals surface area contributed by atoms with E-state index in [1.807, 2.05) is 10.9 Å². The number of rotatable bonds is 3. The van der Waals surface area contributed by atoms with E-state index in [0.29, 0.717) is 0 Å². The van der Waals surface area contributed by atoms with Gasteiger partial charge in [-0.3, -0.25) is 0 Å². The Bertz CT molecular complexity index is 539. The van der Waals surface area contributed by atoms with Crippen LogP contribution in [-0.2, 0) is 0 Å². The van der Waals surface area contributed by atoms with Gasteiger partial charge in [-0.25, -0.2) is 4.68 Å². The molecule has 1 N–H and O–H groups in total. The average Bonchev–Trinajstić information content (AvgIpc) is 2.76. The predicted octanol–water partition coefficient (Wildman–Crippen LogP) is 2.70. The van der Waals surface area contributed by atoms with Gasteiger partial charge in [0, 0.05) is 6.54 Å². The largest absolute Gasteiger partial charge is 0.486 e. The molecule has 1 fully saturated rings. The minimum absolute atomic E-state index is 0.258. The van der Waals surface area contributed by atoms with Crippen molar-refractivity contribution in [2.24, 2.45) is 0 Å². The Morgan fingerprint density at radius 3 is 2.95 bits per heavy atom. The zero-order valence-electron chi connectivity index (χ0n) is 11.9. The van der Waals surface area contributed by atoms with E-state index in [1.54, 1.807) is 6.20 Å². The molecule has 0 amide bonds. The Kier molecular flexibility index (Phi) is 4.02. The maximum Gasteiger partial charge on any atom is 0.158 e. The zero-order chi connectivity index (χ0) is 13.8. The lowest BCUT2D eigenvalue weighted by atomic mass is 10.2. The number of nitrogens with one attached hydrogen (secondary N) is 1. The topological polar surface area (TPSA) is 39.1 Å². The van der Waals surface area contributed by atoms with E-state index in [1.165, 1.54) is 18.4 Å². The molecule has 1 unspecified atom stereocenters. The second kappa shape index (κ2) is 6.09. The van der Waals surface area contributed by atoms with Crippen molar-refractivity contribution in [2.75, 3.05) is 13.1 Å². The van der Waals surface area contributed by atoms with Crippen LogP contribution in [0.25, 0.3) is 5.69 Å². The molecule has 0 radical (unpaired) electrons. The fourth-order valence-electron chi connectivity index (χ4n) is 2.49. The number of nitrogens with zero attached hydrogens (tertiary/aromatic N) is 2. The first-order valence-electron chi connectivity index (χ1n) is 7.30. The van der Waals surface area contributed by atoms with Crippen molar-refractivity contribution in [3.05, 3.63) is 42.2 Å². The third-order valence-corrected chi connectivity index (χ3v) is 3.66. The number of benzene rings is 1. The molecule has 0 bridgehead atoms. The van der Waals surface area contributed by atoms with Crippen LogP contribution in [0.4, 0.5) is 0 Å². The second-order valence-electron chi connectivity index (χ2n) is 5.40. The molecule has 2 heterocycles. The molecule has 1 saturated heterocycles. The summed E-state index contributed by atoms with van der Waals surface area (Å²) in [6.45, 7) is 4.11. The van der Waals surface area contributed by atoms with Crippen molar-refractivity contribution >= 4 is 0 Å². The van der Waals surface area contributed by atoms with E-state index >= 15 is 0 Å². The van der Waals surface area contributed by atoms with Crippen molar-refractivity contribution in [3.8, 4) is 11.4 Å². The van der Waals surface area contributed by atoms with Crippen molar-refractivity contribution in [1.82, 2.24) is 15.1 Å². The minimum Gasteiger partial charge on any atom is -0.486 e. The summed E-state index contributed by atoms with van der Waals surface area (Å²) in [6.07, 6.45) is 7.59. The lowest BCUT2D eigenvalue weighted by Gasteiger charge is -2.15. The molecule has 0 saturated carbocycles. The molecule has 106 valence electrons. The van der Waals surface area contributed by atoms with Crippen molar-refractivity contribution in [2.45, 2.75) is 32.3 Å². The SMILES string of the molecule is Cc1ccc(-n2cc(OC3CCCCNC3)cn2)cc1. The Balaban J connectivity index is 1.68. The van der Waals surface area contributed by atoms with E-state index in [-0.39, 0.29) is 6.10 Å².